The van der Waals surface area contributed by atoms with Crippen LogP contribution in [0.4, 0.5) is 4.79 Å². The highest BCUT2D eigenvalue weighted by Crippen LogP contribution is 2.51. The van der Waals surface area contributed by atoms with Crippen molar-refractivity contribution >= 4 is 24.0 Å². The number of carbonyl (C=O) groups excluding carboxylic acids is 3. The summed E-state index contributed by atoms with van der Waals surface area (Å²) in [5.41, 5.74) is 2.76. The summed E-state index contributed by atoms with van der Waals surface area (Å²) in [7, 11) is 4.55. The standard InChI is InChI=1S/C28H32N2O8/c1-16(2)38-28(33)29-13-22(31)30-20(27(29)32)12-19-23(21(30)15-37-14-18-10-8-7-9-11-18)26(36-6)25(35-5)17(3)24(19)34-4/h7-12,16,21H,13-15H2,1-6H3/t21-/m1/s1. The molecule has 2 aromatic carbocycles. The molecule has 0 aliphatic carbocycles. The fraction of sp³-hybridized carbons (Fsp3) is 0.393. The highest BCUT2D eigenvalue weighted by Gasteiger charge is 2.47. The maximum absolute atomic E-state index is 13.6. The molecule has 2 aromatic rings. The maximum Gasteiger partial charge on any atom is 0.417 e. The number of piperazine rings is 1. The molecule has 2 aliphatic heterocycles. The number of carbonyl (C=O) groups is 3. The second-order valence-corrected chi connectivity index (χ2v) is 9.19. The van der Waals surface area contributed by atoms with E-state index < -0.39 is 36.6 Å². The predicted octanol–water partition coefficient (Wildman–Crippen LogP) is 3.85. The lowest BCUT2D eigenvalue weighted by atomic mass is 9.88. The molecule has 0 unspecified atom stereocenters. The van der Waals surface area contributed by atoms with E-state index in [-0.39, 0.29) is 18.9 Å². The number of imide groups is 1. The van der Waals surface area contributed by atoms with Crippen LogP contribution in [0.25, 0.3) is 6.08 Å². The predicted molar refractivity (Wildman–Crippen MR) is 138 cm³/mol. The third-order valence-electron chi connectivity index (χ3n) is 6.44. The van der Waals surface area contributed by atoms with Gasteiger partial charge < -0.3 is 23.7 Å². The van der Waals surface area contributed by atoms with Gasteiger partial charge in [0.1, 0.15) is 18.0 Å². The van der Waals surface area contributed by atoms with Gasteiger partial charge in [-0.3, -0.25) is 14.5 Å². The number of methoxy groups -OCH3 is 3. The van der Waals surface area contributed by atoms with Gasteiger partial charge in [-0.1, -0.05) is 30.3 Å². The average molecular weight is 525 g/mol. The normalized spacial score (nSPS) is 16.6. The van der Waals surface area contributed by atoms with Gasteiger partial charge in [-0.15, -0.1) is 0 Å². The molecular formula is C28H32N2O8. The van der Waals surface area contributed by atoms with Gasteiger partial charge in [0, 0.05) is 16.7 Å². The van der Waals surface area contributed by atoms with Crippen molar-refractivity contribution in [2.24, 2.45) is 0 Å². The number of nitrogens with zero attached hydrogens (tertiary/aromatic N) is 2. The summed E-state index contributed by atoms with van der Waals surface area (Å²) in [6.45, 7) is 5.02. The molecule has 10 nitrogen and oxygen atoms in total. The lowest BCUT2D eigenvalue weighted by molar-refractivity contribution is -0.147. The minimum atomic E-state index is -0.878. The van der Waals surface area contributed by atoms with E-state index in [0.29, 0.717) is 33.9 Å². The number of ether oxygens (including phenoxy) is 5. The Morgan fingerprint density at radius 3 is 2.26 bits per heavy atom. The number of benzene rings is 2. The zero-order valence-corrected chi connectivity index (χ0v) is 22.4. The van der Waals surface area contributed by atoms with Crippen LogP contribution in [0.3, 0.4) is 0 Å². The molecule has 202 valence electrons. The van der Waals surface area contributed by atoms with Gasteiger partial charge in [0.05, 0.1) is 46.7 Å². The van der Waals surface area contributed by atoms with Crippen LogP contribution in [0.2, 0.25) is 0 Å². The van der Waals surface area contributed by atoms with Crippen molar-refractivity contribution in [2.45, 2.75) is 39.5 Å². The molecule has 1 atom stereocenters. The summed E-state index contributed by atoms with van der Waals surface area (Å²) >= 11 is 0. The van der Waals surface area contributed by atoms with Crippen molar-refractivity contribution in [3.05, 3.63) is 58.3 Å². The minimum absolute atomic E-state index is 0.0210. The van der Waals surface area contributed by atoms with Gasteiger partial charge in [0.2, 0.25) is 5.91 Å². The Labute approximate surface area is 221 Å². The van der Waals surface area contributed by atoms with Gasteiger partial charge in [-0.25, -0.2) is 9.69 Å². The molecule has 3 amide bonds. The Morgan fingerprint density at radius 2 is 1.66 bits per heavy atom. The Bertz CT molecular complexity index is 1270. The number of hydrogen-bond donors (Lipinski definition) is 0. The molecule has 1 fully saturated rings. The Morgan fingerprint density at radius 1 is 1.00 bits per heavy atom. The van der Waals surface area contributed by atoms with Gasteiger partial charge in [-0.2, -0.15) is 0 Å². The van der Waals surface area contributed by atoms with E-state index in [0.717, 1.165) is 10.5 Å². The van der Waals surface area contributed by atoms with Gasteiger partial charge in [-0.05, 0) is 32.4 Å². The van der Waals surface area contributed by atoms with Crippen LogP contribution in [0.1, 0.15) is 42.1 Å². The van der Waals surface area contributed by atoms with Gasteiger partial charge >= 0.3 is 6.09 Å². The van der Waals surface area contributed by atoms with Gasteiger partial charge in [0.15, 0.2) is 11.5 Å². The largest absolute Gasteiger partial charge is 0.496 e. The van der Waals surface area contributed by atoms with Crippen LogP contribution < -0.4 is 14.2 Å². The van der Waals surface area contributed by atoms with Crippen molar-refractivity contribution in [3.63, 3.8) is 0 Å². The third kappa shape index (κ3) is 4.79. The molecule has 1 saturated heterocycles. The quantitative estimate of drug-likeness (QED) is 0.513. The summed E-state index contributed by atoms with van der Waals surface area (Å²) in [6.07, 6.45) is 0.214. The molecule has 38 heavy (non-hydrogen) atoms. The molecule has 0 spiro atoms. The highest BCUT2D eigenvalue weighted by molar-refractivity contribution is 6.13. The summed E-state index contributed by atoms with van der Waals surface area (Å²) in [5.74, 6) is 0.205. The van der Waals surface area contributed by atoms with Crippen LogP contribution in [0, 0.1) is 6.92 Å². The van der Waals surface area contributed by atoms with E-state index in [1.165, 1.54) is 26.2 Å². The van der Waals surface area contributed by atoms with E-state index in [2.05, 4.69) is 0 Å². The first-order valence-corrected chi connectivity index (χ1v) is 12.2. The molecule has 10 heteroatoms. The number of rotatable bonds is 8. The lowest BCUT2D eigenvalue weighted by Crippen LogP contribution is -2.56. The van der Waals surface area contributed by atoms with Crippen LogP contribution >= 0.6 is 0 Å². The molecule has 0 N–H and O–H groups in total. The fourth-order valence-corrected chi connectivity index (χ4v) is 4.86. The van der Waals surface area contributed by atoms with Crippen molar-refractivity contribution in [3.8, 4) is 17.2 Å². The molecule has 2 heterocycles. The second-order valence-electron chi connectivity index (χ2n) is 9.19. The molecule has 0 aromatic heterocycles. The van der Waals surface area contributed by atoms with Crippen LogP contribution in [0.15, 0.2) is 36.0 Å². The molecular weight excluding hydrogens is 492 g/mol. The molecule has 4 rings (SSSR count). The zero-order valence-electron chi connectivity index (χ0n) is 22.4. The third-order valence-corrected chi connectivity index (χ3v) is 6.44. The summed E-state index contributed by atoms with van der Waals surface area (Å²) < 4.78 is 28.5. The van der Waals surface area contributed by atoms with E-state index in [1.807, 2.05) is 37.3 Å². The fourth-order valence-electron chi connectivity index (χ4n) is 4.86. The summed E-state index contributed by atoms with van der Waals surface area (Å²) in [6, 6.07) is 8.85. The first-order chi connectivity index (χ1) is 18.2. The van der Waals surface area contributed by atoms with Crippen LogP contribution in [0.5, 0.6) is 17.2 Å². The van der Waals surface area contributed by atoms with Crippen molar-refractivity contribution < 1.29 is 38.1 Å². The number of fused-ring (bicyclic) bond motifs is 2. The van der Waals surface area contributed by atoms with Crippen LogP contribution in [-0.2, 0) is 25.7 Å². The first-order valence-electron chi connectivity index (χ1n) is 12.2. The second kappa shape index (κ2) is 11.1. The van der Waals surface area contributed by atoms with E-state index in [1.54, 1.807) is 19.9 Å². The Hall–Kier alpha value is -4.05. The Balaban J connectivity index is 1.85. The minimum Gasteiger partial charge on any atom is -0.496 e. The van der Waals surface area contributed by atoms with Gasteiger partial charge in [0.25, 0.3) is 5.91 Å². The lowest BCUT2D eigenvalue weighted by Gasteiger charge is -2.42. The summed E-state index contributed by atoms with van der Waals surface area (Å²) in [5, 5.41) is 0. The molecule has 0 bridgehead atoms. The van der Waals surface area contributed by atoms with E-state index in [9.17, 15) is 14.4 Å². The highest BCUT2D eigenvalue weighted by atomic mass is 16.6. The Kier molecular flexibility index (Phi) is 7.91. The smallest absolute Gasteiger partial charge is 0.417 e. The first kappa shape index (κ1) is 27.0. The number of amides is 3. The molecule has 0 radical (unpaired) electrons. The van der Waals surface area contributed by atoms with Crippen LogP contribution in [-0.4, -0.2) is 68.3 Å². The van der Waals surface area contributed by atoms with Crippen molar-refractivity contribution in [1.82, 2.24) is 9.80 Å². The molecule has 2 aliphatic rings. The SMILES string of the molecule is COc1c(C)c(OC)c(OC)c2c1C=C1C(=O)N(C(=O)OC(C)C)CC(=O)N1[C@@H]2COCc1ccccc1. The maximum atomic E-state index is 13.6. The zero-order chi connectivity index (χ0) is 27.6. The molecule has 0 saturated carbocycles. The van der Waals surface area contributed by atoms with E-state index >= 15 is 0 Å². The topological polar surface area (TPSA) is 104 Å². The number of hydrogen-bond acceptors (Lipinski definition) is 8. The monoisotopic (exact) mass is 524 g/mol. The van der Waals surface area contributed by atoms with Crippen molar-refractivity contribution in [1.29, 1.82) is 0 Å². The van der Waals surface area contributed by atoms with Crippen molar-refractivity contribution in [2.75, 3.05) is 34.5 Å². The summed E-state index contributed by atoms with van der Waals surface area (Å²) in [4.78, 5) is 41.9. The average Bonchev–Trinajstić information content (AvgIpc) is 2.89. The van der Waals surface area contributed by atoms with E-state index in [4.69, 9.17) is 23.7 Å².